The summed E-state index contributed by atoms with van der Waals surface area (Å²) >= 11 is 3.54. The molecule has 2 aliphatic heterocycles. The average Bonchev–Trinajstić information content (AvgIpc) is 3.07. The van der Waals surface area contributed by atoms with Gasteiger partial charge in [-0.25, -0.2) is 0 Å². The highest BCUT2D eigenvalue weighted by Crippen LogP contribution is 2.27. The molecule has 0 unspecified atom stereocenters. The standard InChI is InChI=1S/C16H18N2OS2/c19-16(7-12-2-5-20-11-12)18-9-14(10-18)17-4-1-15-13(8-17)3-6-21-15/h2-3,5-6,11,14H,1,4,7-10H2. The zero-order chi connectivity index (χ0) is 14.2. The molecule has 4 rings (SSSR count). The lowest BCUT2D eigenvalue weighted by Gasteiger charge is -2.46. The molecule has 5 heteroatoms. The molecule has 1 amide bonds. The van der Waals surface area contributed by atoms with Crippen LogP contribution in [0.4, 0.5) is 0 Å². The van der Waals surface area contributed by atoms with E-state index in [4.69, 9.17) is 0 Å². The van der Waals surface area contributed by atoms with Crippen molar-refractivity contribution in [1.82, 2.24) is 9.80 Å². The van der Waals surface area contributed by atoms with E-state index in [1.165, 1.54) is 12.0 Å². The number of likely N-dealkylation sites (tertiary alicyclic amines) is 1. The summed E-state index contributed by atoms with van der Waals surface area (Å²) < 4.78 is 0. The molecule has 110 valence electrons. The number of amides is 1. The van der Waals surface area contributed by atoms with Crippen molar-refractivity contribution in [3.8, 4) is 0 Å². The van der Waals surface area contributed by atoms with E-state index < -0.39 is 0 Å². The molecule has 0 atom stereocenters. The summed E-state index contributed by atoms with van der Waals surface area (Å²) in [6, 6.07) is 4.86. The summed E-state index contributed by atoms with van der Waals surface area (Å²) in [6.07, 6.45) is 1.73. The molecule has 0 aliphatic carbocycles. The van der Waals surface area contributed by atoms with Gasteiger partial charge in [-0.1, -0.05) is 0 Å². The van der Waals surface area contributed by atoms with E-state index in [1.54, 1.807) is 16.2 Å². The molecule has 2 aromatic rings. The van der Waals surface area contributed by atoms with Crippen LogP contribution >= 0.6 is 22.7 Å². The fourth-order valence-corrected chi connectivity index (χ4v) is 4.71. The number of hydrogen-bond donors (Lipinski definition) is 0. The van der Waals surface area contributed by atoms with Gasteiger partial charge in [-0.05, 0) is 45.8 Å². The van der Waals surface area contributed by atoms with Gasteiger partial charge in [0.05, 0.1) is 6.42 Å². The second kappa shape index (κ2) is 5.55. The van der Waals surface area contributed by atoms with Gasteiger partial charge in [0.25, 0.3) is 0 Å². The summed E-state index contributed by atoms with van der Waals surface area (Å²) in [7, 11) is 0. The Hall–Kier alpha value is -1.17. The smallest absolute Gasteiger partial charge is 0.227 e. The Labute approximate surface area is 132 Å². The maximum atomic E-state index is 12.2. The first-order valence-corrected chi connectivity index (χ1v) is 9.20. The molecule has 0 N–H and O–H groups in total. The van der Waals surface area contributed by atoms with Crippen LogP contribution in [0.25, 0.3) is 0 Å². The quantitative estimate of drug-likeness (QED) is 0.868. The van der Waals surface area contributed by atoms with E-state index >= 15 is 0 Å². The number of hydrogen-bond acceptors (Lipinski definition) is 4. The average molecular weight is 318 g/mol. The fraction of sp³-hybridized carbons (Fsp3) is 0.438. The van der Waals surface area contributed by atoms with Crippen molar-refractivity contribution in [3.63, 3.8) is 0 Å². The Morgan fingerprint density at radius 3 is 3.00 bits per heavy atom. The van der Waals surface area contributed by atoms with Gasteiger partial charge in [-0.15, -0.1) is 11.3 Å². The Kier molecular flexibility index (Phi) is 3.57. The van der Waals surface area contributed by atoms with Crippen LogP contribution in [0.2, 0.25) is 0 Å². The second-order valence-corrected chi connectivity index (χ2v) is 7.63. The van der Waals surface area contributed by atoms with Crippen molar-refractivity contribution < 1.29 is 4.79 Å². The Morgan fingerprint density at radius 2 is 2.19 bits per heavy atom. The van der Waals surface area contributed by atoms with Crippen molar-refractivity contribution in [1.29, 1.82) is 0 Å². The van der Waals surface area contributed by atoms with Crippen LogP contribution in [-0.2, 0) is 24.2 Å². The predicted molar refractivity (Wildman–Crippen MR) is 86.8 cm³/mol. The highest BCUT2D eigenvalue weighted by Gasteiger charge is 2.35. The van der Waals surface area contributed by atoms with Crippen LogP contribution in [0.3, 0.4) is 0 Å². The lowest BCUT2D eigenvalue weighted by Crippen LogP contribution is -2.61. The summed E-state index contributed by atoms with van der Waals surface area (Å²) in [4.78, 5) is 18.3. The molecule has 2 aliphatic rings. The van der Waals surface area contributed by atoms with Gasteiger partial charge in [-0.3, -0.25) is 9.69 Å². The number of nitrogens with zero attached hydrogens (tertiary/aromatic N) is 2. The van der Waals surface area contributed by atoms with Crippen LogP contribution in [-0.4, -0.2) is 41.4 Å². The highest BCUT2D eigenvalue weighted by atomic mass is 32.1. The van der Waals surface area contributed by atoms with Crippen LogP contribution in [0.5, 0.6) is 0 Å². The number of carbonyl (C=O) groups excluding carboxylic acids is 1. The van der Waals surface area contributed by atoms with Crippen molar-refractivity contribution in [2.45, 2.75) is 25.4 Å². The van der Waals surface area contributed by atoms with Crippen LogP contribution in [0.15, 0.2) is 28.3 Å². The normalized spacial score (nSPS) is 19.3. The zero-order valence-electron chi connectivity index (χ0n) is 11.8. The van der Waals surface area contributed by atoms with Crippen LogP contribution in [0, 0.1) is 0 Å². The molecule has 0 bridgehead atoms. The van der Waals surface area contributed by atoms with E-state index in [2.05, 4.69) is 21.7 Å². The fourth-order valence-electron chi connectivity index (χ4n) is 3.15. The minimum absolute atomic E-state index is 0.276. The summed E-state index contributed by atoms with van der Waals surface area (Å²) in [6.45, 7) is 4.02. The van der Waals surface area contributed by atoms with E-state index in [-0.39, 0.29) is 5.91 Å². The molecule has 21 heavy (non-hydrogen) atoms. The number of thiophene rings is 2. The first kappa shape index (κ1) is 13.5. The van der Waals surface area contributed by atoms with Crippen molar-refractivity contribution in [3.05, 3.63) is 44.3 Å². The maximum absolute atomic E-state index is 12.2. The van der Waals surface area contributed by atoms with E-state index in [9.17, 15) is 4.79 Å². The molecule has 0 aromatic carbocycles. The monoisotopic (exact) mass is 318 g/mol. The van der Waals surface area contributed by atoms with Gasteiger partial charge in [0.1, 0.15) is 0 Å². The third-order valence-electron chi connectivity index (χ3n) is 4.50. The molecule has 3 nitrogen and oxygen atoms in total. The van der Waals surface area contributed by atoms with E-state index in [0.717, 1.165) is 31.7 Å². The molecule has 1 fully saturated rings. The van der Waals surface area contributed by atoms with E-state index in [1.807, 2.05) is 27.7 Å². The van der Waals surface area contributed by atoms with Crippen molar-refractivity contribution in [2.24, 2.45) is 0 Å². The van der Waals surface area contributed by atoms with Crippen LogP contribution < -0.4 is 0 Å². The minimum atomic E-state index is 0.276. The minimum Gasteiger partial charge on any atom is -0.339 e. The molecule has 0 spiro atoms. The van der Waals surface area contributed by atoms with Gasteiger partial charge >= 0.3 is 0 Å². The molecular formula is C16H18N2OS2. The van der Waals surface area contributed by atoms with Gasteiger partial charge in [0.2, 0.25) is 5.91 Å². The molecule has 0 radical (unpaired) electrons. The number of fused-ring (bicyclic) bond motifs is 1. The lowest BCUT2D eigenvalue weighted by atomic mass is 10.0. The topological polar surface area (TPSA) is 23.6 Å². The Morgan fingerprint density at radius 1 is 1.29 bits per heavy atom. The molecule has 0 saturated carbocycles. The third kappa shape index (κ3) is 2.65. The summed E-state index contributed by atoms with van der Waals surface area (Å²) in [5, 5.41) is 6.30. The predicted octanol–water partition coefficient (Wildman–Crippen LogP) is 2.62. The third-order valence-corrected chi connectivity index (χ3v) is 6.26. The maximum Gasteiger partial charge on any atom is 0.227 e. The molecule has 2 aromatic heterocycles. The molecular weight excluding hydrogens is 300 g/mol. The van der Waals surface area contributed by atoms with Crippen LogP contribution in [0.1, 0.15) is 16.0 Å². The van der Waals surface area contributed by atoms with E-state index in [0.29, 0.717) is 12.5 Å². The number of carbonyl (C=O) groups is 1. The van der Waals surface area contributed by atoms with Crippen molar-refractivity contribution >= 4 is 28.6 Å². The Bertz CT molecular complexity index is 629. The van der Waals surface area contributed by atoms with Crippen molar-refractivity contribution in [2.75, 3.05) is 19.6 Å². The molecule has 1 saturated heterocycles. The first-order valence-electron chi connectivity index (χ1n) is 7.38. The van der Waals surface area contributed by atoms with Gasteiger partial charge < -0.3 is 4.90 Å². The zero-order valence-corrected chi connectivity index (χ0v) is 13.5. The lowest BCUT2D eigenvalue weighted by molar-refractivity contribution is -0.138. The number of rotatable bonds is 3. The Balaban J connectivity index is 1.30. The van der Waals surface area contributed by atoms with Gasteiger partial charge in [-0.2, -0.15) is 11.3 Å². The highest BCUT2D eigenvalue weighted by molar-refractivity contribution is 7.10. The van der Waals surface area contributed by atoms with Gasteiger partial charge in [0.15, 0.2) is 0 Å². The first-order chi connectivity index (χ1) is 10.3. The van der Waals surface area contributed by atoms with Gasteiger partial charge in [0, 0.05) is 37.1 Å². The summed E-state index contributed by atoms with van der Waals surface area (Å²) in [5.41, 5.74) is 2.64. The summed E-state index contributed by atoms with van der Waals surface area (Å²) in [5.74, 6) is 0.276. The molecule has 4 heterocycles. The SMILES string of the molecule is O=C(Cc1ccsc1)N1CC(N2CCc3sccc3C2)C1. The largest absolute Gasteiger partial charge is 0.339 e. The second-order valence-electron chi connectivity index (χ2n) is 5.85.